The van der Waals surface area contributed by atoms with Crippen molar-refractivity contribution in [2.24, 2.45) is 0 Å². The van der Waals surface area contributed by atoms with E-state index in [1.54, 1.807) is 0 Å². The topological polar surface area (TPSA) is 0 Å². The van der Waals surface area contributed by atoms with Gasteiger partial charge in [0.2, 0.25) is 0 Å². The molecule has 17 heavy (non-hydrogen) atoms. The summed E-state index contributed by atoms with van der Waals surface area (Å²) in [6.45, 7) is 17.6. The van der Waals surface area contributed by atoms with Crippen LogP contribution in [-0.4, -0.2) is 24.1 Å². The van der Waals surface area contributed by atoms with Gasteiger partial charge in [0.05, 0.1) is 19.6 Å². The first-order valence-electron chi connectivity index (χ1n) is 6.66. The zero-order valence-corrected chi connectivity index (χ0v) is 11.8. The molecule has 0 N–H and O–H groups in total. The fourth-order valence-corrected chi connectivity index (χ4v) is 2.29. The molecule has 1 aromatic rings. The molecule has 1 rings (SSSR count). The van der Waals surface area contributed by atoms with Gasteiger partial charge < -0.3 is 4.48 Å². The predicted molar refractivity (Wildman–Crippen MR) is 76.7 cm³/mol. The fraction of sp³-hybridized carbons (Fsp3) is 0.500. The first-order chi connectivity index (χ1) is 8.06. The first-order valence-corrected chi connectivity index (χ1v) is 6.66. The minimum Gasteiger partial charge on any atom is -0.321 e. The van der Waals surface area contributed by atoms with Gasteiger partial charge in [-0.1, -0.05) is 36.4 Å². The molecule has 1 aromatic carbocycles. The van der Waals surface area contributed by atoms with Gasteiger partial charge in [-0.3, -0.25) is 0 Å². The Hall–Kier alpha value is -1.08. The summed E-state index contributed by atoms with van der Waals surface area (Å²) in [6, 6.07) is 8.87. The van der Waals surface area contributed by atoms with Crippen LogP contribution in [-0.2, 0) is 6.54 Å². The van der Waals surface area contributed by atoms with E-state index in [9.17, 15) is 0 Å². The van der Waals surface area contributed by atoms with Gasteiger partial charge in [0.25, 0.3) is 0 Å². The third-order valence-corrected chi connectivity index (χ3v) is 3.98. The molecule has 0 fully saturated rings. The zero-order chi connectivity index (χ0) is 12.9. The largest absolute Gasteiger partial charge is 0.321 e. The van der Waals surface area contributed by atoms with Gasteiger partial charge >= 0.3 is 0 Å². The number of nitrogens with zero attached hydrogens (tertiary/aromatic N) is 1. The van der Waals surface area contributed by atoms with E-state index in [0.29, 0.717) is 0 Å². The molecule has 0 aliphatic carbocycles. The summed E-state index contributed by atoms with van der Waals surface area (Å²) in [5, 5.41) is 0. The number of hydrogen-bond acceptors (Lipinski definition) is 0. The summed E-state index contributed by atoms with van der Waals surface area (Å²) < 4.78 is 1.17. The number of rotatable bonds is 6. The summed E-state index contributed by atoms with van der Waals surface area (Å²) in [7, 11) is 0. The van der Waals surface area contributed by atoms with Crippen molar-refractivity contribution in [2.45, 2.75) is 34.2 Å². The van der Waals surface area contributed by atoms with Crippen LogP contribution in [0.3, 0.4) is 0 Å². The van der Waals surface area contributed by atoms with Crippen LogP contribution in [0, 0.1) is 0 Å². The molecular formula is C16H26N+. The number of hydrogen-bond donors (Lipinski definition) is 0. The average Bonchev–Trinajstić information content (AvgIpc) is 2.37. The molecular weight excluding hydrogens is 206 g/mol. The van der Waals surface area contributed by atoms with Gasteiger partial charge in [-0.2, -0.15) is 0 Å². The quantitative estimate of drug-likeness (QED) is 0.648. The van der Waals surface area contributed by atoms with Crippen molar-refractivity contribution in [3.63, 3.8) is 0 Å². The Labute approximate surface area is 106 Å². The Morgan fingerprint density at radius 3 is 1.82 bits per heavy atom. The van der Waals surface area contributed by atoms with Crippen molar-refractivity contribution in [3.05, 3.63) is 42.0 Å². The lowest BCUT2D eigenvalue weighted by Gasteiger charge is -2.35. The zero-order valence-electron chi connectivity index (χ0n) is 11.8. The fourth-order valence-electron chi connectivity index (χ4n) is 2.29. The molecule has 0 spiro atoms. The predicted octanol–water partition coefficient (Wildman–Crippen LogP) is 4.10. The molecule has 0 aromatic heterocycles. The van der Waals surface area contributed by atoms with Crippen LogP contribution in [0.5, 0.6) is 0 Å². The molecule has 94 valence electrons. The highest BCUT2D eigenvalue weighted by molar-refractivity contribution is 5.61. The highest BCUT2D eigenvalue weighted by Gasteiger charge is 2.20. The highest BCUT2D eigenvalue weighted by Crippen LogP contribution is 2.17. The lowest BCUT2D eigenvalue weighted by molar-refractivity contribution is -0.936. The standard InChI is InChI=1S/C16H26N/c1-6-17(7-2,8-3)13-15-9-11-16(12-10-15)14(4)5/h9-12H,4,6-8,13H2,1-3,5H3/q+1. The van der Waals surface area contributed by atoms with Crippen molar-refractivity contribution >= 4 is 5.57 Å². The van der Waals surface area contributed by atoms with Crippen LogP contribution in [0.4, 0.5) is 0 Å². The number of benzene rings is 1. The minimum absolute atomic E-state index is 1.14. The molecule has 0 radical (unpaired) electrons. The highest BCUT2D eigenvalue weighted by atomic mass is 15.3. The summed E-state index contributed by atoms with van der Waals surface area (Å²) in [4.78, 5) is 0. The molecule has 0 bridgehead atoms. The second-order valence-electron chi connectivity index (χ2n) is 4.93. The summed E-state index contributed by atoms with van der Waals surface area (Å²) in [6.07, 6.45) is 0. The lowest BCUT2D eigenvalue weighted by atomic mass is 10.1. The third-order valence-electron chi connectivity index (χ3n) is 3.98. The maximum Gasteiger partial charge on any atom is 0.104 e. The van der Waals surface area contributed by atoms with Crippen LogP contribution in [0.15, 0.2) is 30.8 Å². The summed E-state index contributed by atoms with van der Waals surface area (Å²) in [5.74, 6) is 0. The van der Waals surface area contributed by atoms with Crippen LogP contribution in [0.25, 0.3) is 5.57 Å². The summed E-state index contributed by atoms with van der Waals surface area (Å²) in [5.41, 5.74) is 3.82. The first kappa shape index (κ1) is 14.0. The number of quaternary nitrogens is 1. The molecule has 0 saturated carbocycles. The monoisotopic (exact) mass is 232 g/mol. The Balaban J connectivity index is 2.84. The molecule has 0 amide bonds. The number of allylic oxidation sites excluding steroid dienone is 1. The maximum absolute atomic E-state index is 3.97. The molecule has 0 saturated heterocycles. The normalized spacial score (nSPS) is 11.5. The van der Waals surface area contributed by atoms with Gasteiger partial charge in [-0.25, -0.2) is 0 Å². The lowest BCUT2D eigenvalue weighted by Crippen LogP contribution is -2.46. The van der Waals surface area contributed by atoms with Crippen molar-refractivity contribution < 1.29 is 4.48 Å². The third kappa shape index (κ3) is 3.44. The summed E-state index contributed by atoms with van der Waals surface area (Å²) >= 11 is 0. The van der Waals surface area contributed by atoms with E-state index in [-0.39, 0.29) is 0 Å². The van der Waals surface area contributed by atoms with Gasteiger partial charge in [-0.15, -0.1) is 0 Å². The van der Waals surface area contributed by atoms with Gasteiger partial charge in [0.15, 0.2) is 0 Å². The van der Waals surface area contributed by atoms with Crippen molar-refractivity contribution in [2.75, 3.05) is 19.6 Å². The van der Waals surface area contributed by atoms with Crippen LogP contribution >= 0.6 is 0 Å². The average molecular weight is 232 g/mol. The molecule has 0 heterocycles. The van der Waals surface area contributed by atoms with Crippen molar-refractivity contribution in [1.29, 1.82) is 0 Å². The van der Waals surface area contributed by atoms with Crippen LogP contribution < -0.4 is 0 Å². The van der Waals surface area contributed by atoms with E-state index in [1.165, 1.54) is 35.2 Å². The van der Waals surface area contributed by atoms with E-state index in [2.05, 4.69) is 58.5 Å². The maximum atomic E-state index is 3.97. The van der Waals surface area contributed by atoms with Gasteiger partial charge in [0, 0.05) is 5.56 Å². The SMILES string of the molecule is C=C(C)c1ccc(C[N+](CC)(CC)CC)cc1. The molecule has 1 heteroatoms. The van der Waals surface area contributed by atoms with Crippen LogP contribution in [0.2, 0.25) is 0 Å². The molecule has 0 aliphatic rings. The molecule has 0 aliphatic heterocycles. The molecule has 0 unspecified atom stereocenters. The molecule has 1 nitrogen and oxygen atoms in total. The Morgan fingerprint density at radius 2 is 1.47 bits per heavy atom. The van der Waals surface area contributed by atoms with Crippen molar-refractivity contribution in [3.8, 4) is 0 Å². The van der Waals surface area contributed by atoms with Gasteiger partial charge in [0.1, 0.15) is 6.54 Å². The van der Waals surface area contributed by atoms with E-state index >= 15 is 0 Å². The Morgan fingerprint density at radius 1 is 1.00 bits per heavy atom. The molecule has 0 atom stereocenters. The Bertz CT molecular complexity index is 349. The minimum atomic E-state index is 1.14. The smallest absolute Gasteiger partial charge is 0.104 e. The van der Waals surface area contributed by atoms with Crippen LogP contribution in [0.1, 0.15) is 38.8 Å². The van der Waals surface area contributed by atoms with E-state index in [0.717, 1.165) is 12.1 Å². The van der Waals surface area contributed by atoms with Crippen molar-refractivity contribution in [1.82, 2.24) is 0 Å². The van der Waals surface area contributed by atoms with E-state index in [1.807, 2.05) is 0 Å². The second kappa shape index (κ2) is 6.02. The Kier molecular flexibility index (Phi) is 4.95. The van der Waals surface area contributed by atoms with Gasteiger partial charge in [-0.05, 0) is 33.3 Å². The van der Waals surface area contributed by atoms with E-state index in [4.69, 9.17) is 0 Å². The second-order valence-corrected chi connectivity index (χ2v) is 4.93. The van der Waals surface area contributed by atoms with E-state index < -0.39 is 0 Å².